The normalized spacial score (nSPS) is 11.5. The predicted octanol–water partition coefficient (Wildman–Crippen LogP) is 1.30. The Kier molecular flexibility index (Phi) is 6.36. The number of carbonyl (C=O) groups excluding carboxylic acids is 1. The van der Waals surface area contributed by atoms with Gasteiger partial charge in [-0.25, -0.2) is 0 Å². The van der Waals surface area contributed by atoms with Crippen LogP contribution in [0.15, 0.2) is 24.3 Å². The smallest absolute Gasteiger partial charge is 0.303 e. The highest BCUT2D eigenvalue weighted by Crippen LogP contribution is 2.25. The number of para-hydroxylation sites is 2. The number of carbonyl (C=O) groups is 2. The molecule has 0 radical (unpaired) electrons. The van der Waals surface area contributed by atoms with Crippen LogP contribution in [0.25, 0.3) is 0 Å². The second-order valence-corrected chi connectivity index (χ2v) is 4.45. The van der Waals surface area contributed by atoms with Gasteiger partial charge in [-0.05, 0) is 18.1 Å². The largest absolute Gasteiger partial charge is 0.493 e. The average Bonchev–Trinajstić information content (AvgIpc) is 2.42. The minimum atomic E-state index is -0.878. The Morgan fingerprint density at radius 3 is 2.55 bits per heavy atom. The number of aliphatic carboxylic acids is 1. The summed E-state index contributed by atoms with van der Waals surface area (Å²) >= 11 is 0. The SMILES string of the molecule is COc1ccccc1OCC(=O)NCC(C)CC(=O)O. The lowest BCUT2D eigenvalue weighted by Gasteiger charge is -2.12. The summed E-state index contributed by atoms with van der Waals surface area (Å²) in [7, 11) is 1.52. The molecule has 6 heteroatoms. The monoisotopic (exact) mass is 281 g/mol. The van der Waals surface area contributed by atoms with Crippen molar-refractivity contribution in [2.24, 2.45) is 5.92 Å². The second kappa shape index (κ2) is 8.04. The third kappa shape index (κ3) is 5.60. The van der Waals surface area contributed by atoms with Gasteiger partial charge >= 0.3 is 5.97 Å². The predicted molar refractivity (Wildman–Crippen MR) is 72.9 cm³/mol. The zero-order valence-electron chi connectivity index (χ0n) is 11.6. The first-order valence-corrected chi connectivity index (χ1v) is 6.27. The van der Waals surface area contributed by atoms with Gasteiger partial charge in [0.15, 0.2) is 18.1 Å². The van der Waals surface area contributed by atoms with Crippen molar-refractivity contribution in [1.29, 1.82) is 0 Å². The zero-order chi connectivity index (χ0) is 15.0. The molecule has 1 aromatic rings. The van der Waals surface area contributed by atoms with Gasteiger partial charge in [0, 0.05) is 13.0 Å². The molecule has 0 saturated heterocycles. The van der Waals surface area contributed by atoms with Crippen LogP contribution >= 0.6 is 0 Å². The van der Waals surface area contributed by atoms with Gasteiger partial charge in [0.05, 0.1) is 7.11 Å². The summed E-state index contributed by atoms with van der Waals surface area (Å²) < 4.78 is 10.4. The Morgan fingerprint density at radius 2 is 1.95 bits per heavy atom. The number of nitrogens with one attached hydrogen (secondary N) is 1. The quantitative estimate of drug-likeness (QED) is 0.750. The fraction of sp³-hybridized carbons (Fsp3) is 0.429. The Labute approximate surface area is 117 Å². The van der Waals surface area contributed by atoms with E-state index in [9.17, 15) is 9.59 Å². The molecule has 0 aliphatic carbocycles. The van der Waals surface area contributed by atoms with Gasteiger partial charge in [0.2, 0.25) is 0 Å². The number of methoxy groups -OCH3 is 1. The highest BCUT2D eigenvalue weighted by molar-refractivity contribution is 5.77. The van der Waals surface area contributed by atoms with Crippen molar-refractivity contribution in [3.05, 3.63) is 24.3 Å². The van der Waals surface area contributed by atoms with Crippen molar-refractivity contribution in [3.63, 3.8) is 0 Å². The molecule has 20 heavy (non-hydrogen) atoms. The van der Waals surface area contributed by atoms with Crippen molar-refractivity contribution in [2.75, 3.05) is 20.3 Å². The van der Waals surface area contributed by atoms with Gasteiger partial charge in [-0.15, -0.1) is 0 Å². The van der Waals surface area contributed by atoms with Crippen LogP contribution in [0.5, 0.6) is 11.5 Å². The van der Waals surface area contributed by atoms with E-state index in [1.807, 2.05) is 0 Å². The first-order valence-electron chi connectivity index (χ1n) is 6.27. The van der Waals surface area contributed by atoms with Crippen LogP contribution in [0, 0.1) is 5.92 Å². The van der Waals surface area contributed by atoms with Crippen molar-refractivity contribution < 1.29 is 24.2 Å². The standard InChI is InChI=1S/C14H19NO5/c1-10(7-14(17)18)8-15-13(16)9-20-12-6-4-3-5-11(12)19-2/h3-6,10H,7-9H2,1-2H3,(H,15,16)(H,17,18). The van der Waals surface area contributed by atoms with Crippen molar-refractivity contribution >= 4 is 11.9 Å². The molecule has 0 saturated carbocycles. The number of ether oxygens (including phenoxy) is 2. The summed E-state index contributed by atoms with van der Waals surface area (Å²) in [6.07, 6.45) is 0.0215. The van der Waals surface area contributed by atoms with E-state index in [0.29, 0.717) is 18.0 Å². The zero-order valence-corrected chi connectivity index (χ0v) is 11.6. The second-order valence-electron chi connectivity index (χ2n) is 4.45. The minimum Gasteiger partial charge on any atom is -0.493 e. The number of carboxylic acids is 1. The van der Waals surface area contributed by atoms with E-state index in [1.165, 1.54) is 7.11 Å². The van der Waals surface area contributed by atoms with Gasteiger partial charge in [0.1, 0.15) is 0 Å². The lowest BCUT2D eigenvalue weighted by atomic mass is 10.1. The van der Waals surface area contributed by atoms with E-state index in [2.05, 4.69) is 5.32 Å². The topological polar surface area (TPSA) is 84.9 Å². The minimum absolute atomic E-state index is 0.0215. The number of carboxylic acid groups (broad SMARTS) is 1. The molecule has 1 rings (SSSR count). The number of amides is 1. The van der Waals surface area contributed by atoms with Gasteiger partial charge in [-0.2, -0.15) is 0 Å². The molecular formula is C14H19NO5. The Balaban J connectivity index is 2.34. The molecule has 1 atom stereocenters. The van der Waals surface area contributed by atoms with E-state index in [-0.39, 0.29) is 24.9 Å². The highest BCUT2D eigenvalue weighted by atomic mass is 16.5. The van der Waals surface area contributed by atoms with E-state index in [1.54, 1.807) is 31.2 Å². The number of hydrogen-bond acceptors (Lipinski definition) is 4. The molecule has 1 unspecified atom stereocenters. The summed E-state index contributed by atoms with van der Waals surface area (Å²) in [5.74, 6) is -0.254. The summed E-state index contributed by atoms with van der Waals surface area (Å²) in [5.41, 5.74) is 0. The van der Waals surface area contributed by atoms with Crippen molar-refractivity contribution in [2.45, 2.75) is 13.3 Å². The maximum atomic E-state index is 11.6. The first-order chi connectivity index (χ1) is 9.52. The molecule has 0 fully saturated rings. The van der Waals surface area contributed by atoms with Crippen molar-refractivity contribution in [1.82, 2.24) is 5.32 Å². The molecule has 6 nitrogen and oxygen atoms in total. The molecule has 110 valence electrons. The molecule has 0 aliphatic rings. The fourth-order valence-corrected chi connectivity index (χ4v) is 1.59. The van der Waals surface area contributed by atoms with Crippen LogP contribution < -0.4 is 14.8 Å². The molecule has 0 aliphatic heterocycles. The van der Waals surface area contributed by atoms with Crippen LogP contribution in [0.2, 0.25) is 0 Å². The molecule has 0 aromatic heterocycles. The van der Waals surface area contributed by atoms with E-state index in [0.717, 1.165) is 0 Å². The summed E-state index contributed by atoms with van der Waals surface area (Å²) in [4.78, 5) is 22.1. The fourth-order valence-electron chi connectivity index (χ4n) is 1.59. The van der Waals surface area contributed by atoms with Gasteiger partial charge < -0.3 is 19.9 Å². The Bertz CT molecular complexity index is 461. The van der Waals surface area contributed by atoms with Gasteiger partial charge in [-0.3, -0.25) is 9.59 Å². The average molecular weight is 281 g/mol. The molecule has 1 aromatic carbocycles. The summed E-state index contributed by atoms with van der Waals surface area (Å²) in [6.45, 7) is 1.93. The van der Waals surface area contributed by atoms with Crippen LogP contribution in [-0.2, 0) is 9.59 Å². The maximum Gasteiger partial charge on any atom is 0.303 e. The Morgan fingerprint density at radius 1 is 1.30 bits per heavy atom. The third-order valence-electron chi connectivity index (χ3n) is 2.60. The Hall–Kier alpha value is -2.24. The van der Waals surface area contributed by atoms with Gasteiger partial charge in [0.25, 0.3) is 5.91 Å². The molecule has 0 spiro atoms. The van der Waals surface area contributed by atoms with Crippen LogP contribution in [0.4, 0.5) is 0 Å². The van der Waals surface area contributed by atoms with Crippen LogP contribution in [0.3, 0.4) is 0 Å². The van der Waals surface area contributed by atoms with E-state index in [4.69, 9.17) is 14.6 Å². The molecular weight excluding hydrogens is 262 g/mol. The molecule has 2 N–H and O–H groups in total. The molecule has 0 bridgehead atoms. The number of benzene rings is 1. The lowest BCUT2D eigenvalue weighted by molar-refractivity contribution is -0.138. The highest BCUT2D eigenvalue weighted by Gasteiger charge is 2.10. The summed E-state index contributed by atoms with van der Waals surface area (Å²) in [5, 5.41) is 11.2. The molecule has 1 amide bonds. The summed E-state index contributed by atoms with van der Waals surface area (Å²) in [6, 6.07) is 7.03. The van der Waals surface area contributed by atoms with Crippen LogP contribution in [-0.4, -0.2) is 37.2 Å². The van der Waals surface area contributed by atoms with Crippen LogP contribution in [0.1, 0.15) is 13.3 Å². The number of rotatable bonds is 8. The van der Waals surface area contributed by atoms with Gasteiger partial charge in [-0.1, -0.05) is 19.1 Å². The van der Waals surface area contributed by atoms with E-state index < -0.39 is 5.97 Å². The van der Waals surface area contributed by atoms with E-state index >= 15 is 0 Å². The molecule has 0 heterocycles. The lowest BCUT2D eigenvalue weighted by Crippen LogP contribution is -2.33. The number of hydrogen-bond donors (Lipinski definition) is 2. The third-order valence-corrected chi connectivity index (χ3v) is 2.60. The maximum absolute atomic E-state index is 11.6. The van der Waals surface area contributed by atoms with Crippen molar-refractivity contribution in [3.8, 4) is 11.5 Å². The first kappa shape index (κ1) is 15.8.